The van der Waals surface area contributed by atoms with Crippen molar-refractivity contribution in [3.05, 3.63) is 48.0 Å². The van der Waals surface area contributed by atoms with Crippen LogP contribution in [0.5, 0.6) is 11.5 Å². The van der Waals surface area contributed by atoms with Gasteiger partial charge in [-0.05, 0) is 42.0 Å². The Kier molecular flexibility index (Phi) is 4.75. The number of nitrogens with one attached hydrogen (secondary N) is 1. The molecule has 11 heteroatoms. The Morgan fingerprint density at radius 1 is 1.10 bits per heavy atom. The van der Waals surface area contributed by atoms with E-state index in [4.69, 9.17) is 9.47 Å². The van der Waals surface area contributed by atoms with Gasteiger partial charge in [0.05, 0.1) is 22.3 Å². The zero-order chi connectivity index (χ0) is 20.8. The number of sulfonamides is 2. The van der Waals surface area contributed by atoms with Gasteiger partial charge in [0.25, 0.3) is 0 Å². The van der Waals surface area contributed by atoms with Gasteiger partial charge >= 0.3 is 0 Å². The first kappa shape index (κ1) is 19.7. The minimum absolute atomic E-state index is 0.0389. The number of hydrogen-bond donors (Lipinski definition) is 1. The fraction of sp³-hybridized carbons (Fsp3) is 0.278. The fourth-order valence-electron chi connectivity index (χ4n) is 3.16. The van der Waals surface area contributed by atoms with Crippen molar-refractivity contribution in [1.82, 2.24) is 4.72 Å². The Balaban J connectivity index is 1.50. The highest BCUT2D eigenvalue weighted by Crippen LogP contribution is 2.32. The van der Waals surface area contributed by atoms with Crippen molar-refractivity contribution in [2.24, 2.45) is 5.92 Å². The van der Waals surface area contributed by atoms with E-state index in [1.807, 2.05) is 0 Å². The molecular formula is C18H18N2O7S2. The van der Waals surface area contributed by atoms with Gasteiger partial charge in [0.2, 0.25) is 32.7 Å². The summed E-state index contributed by atoms with van der Waals surface area (Å²) in [4.78, 5) is 12.1. The maximum Gasteiger partial charge on any atom is 0.244 e. The standard InChI is InChI=1S/C18H18N2O7S2/c1-12-10-28(22,23)20(18(12)21)14-3-5-15(6-4-14)29(24,25)19-9-13-2-7-16-17(8-13)27-11-26-16/h2-8,12,19H,9-11H2,1H3/t12-/m1/s1. The molecule has 2 aliphatic rings. The summed E-state index contributed by atoms with van der Waals surface area (Å²) < 4.78 is 63.1. The molecule has 0 aromatic heterocycles. The van der Waals surface area contributed by atoms with E-state index in [2.05, 4.69) is 4.72 Å². The molecule has 4 rings (SSSR count). The van der Waals surface area contributed by atoms with E-state index in [9.17, 15) is 21.6 Å². The van der Waals surface area contributed by atoms with Crippen LogP contribution >= 0.6 is 0 Å². The van der Waals surface area contributed by atoms with Gasteiger partial charge in [-0.1, -0.05) is 13.0 Å². The van der Waals surface area contributed by atoms with E-state index < -0.39 is 31.9 Å². The molecule has 1 amide bonds. The smallest absolute Gasteiger partial charge is 0.244 e. The summed E-state index contributed by atoms with van der Waals surface area (Å²) in [6.07, 6.45) is 0. The van der Waals surface area contributed by atoms with Crippen LogP contribution in [0.3, 0.4) is 0 Å². The monoisotopic (exact) mass is 438 g/mol. The lowest BCUT2D eigenvalue weighted by atomic mass is 10.2. The fourth-order valence-corrected chi connectivity index (χ4v) is 6.00. The molecule has 29 heavy (non-hydrogen) atoms. The van der Waals surface area contributed by atoms with Crippen LogP contribution in [0, 0.1) is 5.92 Å². The van der Waals surface area contributed by atoms with Crippen LogP contribution in [0.1, 0.15) is 12.5 Å². The molecule has 2 aliphatic heterocycles. The Morgan fingerprint density at radius 2 is 1.79 bits per heavy atom. The number of anilines is 1. The minimum Gasteiger partial charge on any atom is -0.454 e. The Hall–Kier alpha value is -2.63. The van der Waals surface area contributed by atoms with Crippen LogP contribution in [0.2, 0.25) is 0 Å². The van der Waals surface area contributed by atoms with Gasteiger partial charge in [-0.2, -0.15) is 0 Å². The topological polar surface area (TPSA) is 119 Å². The SMILES string of the molecule is C[C@@H]1CS(=O)(=O)N(c2ccc(S(=O)(=O)NCc3ccc4c(c3)OCO4)cc2)C1=O. The third kappa shape index (κ3) is 3.68. The molecule has 1 saturated heterocycles. The van der Waals surface area contributed by atoms with Gasteiger partial charge < -0.3 is 9.47 Å². The highest BCUT2D eigenvalue weighted by atomic mass is 32.2. The summed E-state index contributed by atoms with van der Waals surface area (Å²) in [6, 6.07) is 10.3. The van der Waals surface area contributed by atoms with Crippen LogP contribution in [-0.4, -0.2) is 35.3 Å². The largest absolute Gasteiger partial charge is 0.454 e. The second-order valence-electron chi connectivity index (χ2n) is 6.79. The molecule has 0 spiro atoms. The zero-order valence-corrected chi connectivity index (χ0v) is 17.0. The van der Waals surface area contributed by atoms with Gasteiger partial charge in [-0.15, -0.1) is 0 Å². The van der Waals surface area contributed by atoms with E-state index in [1.165, 1.54) is 24.3 Å². The lowest BCUT2D eigenvalue weighted by molar-refractivity contribution is -0.119. The second kappa shape index (κ2) is 7.01. The van der Waals surface area contributed by atoms with Crippen molar-refractivity contribution in [1.29, 1.82) is 0 Å². The van der Waals surface area contributed by atoms with Gasteiger partial charge in [0.15, 0.2) is 11.5 Å². The first-order valence-electron chi connectivity index (χ1n) is 8.72. The lowest BCUT2D eigenvalue weighted by Gasteiger charge is -2.15. The van der Waals surface area contributed by atoms with Crippen LogP contribution in [0.15, 0.2) is 47.4 Å². The van der Waals surface area contributed by atoms with E-state index in [1.54, 1.807) is 25.1 Å². The van der Waals surface area contributed by atoms with Crippen molar-refractivity contribution in [2.45, 2.75) is 18.4 Å². The molecule has 2 heterocycles. The average molecular weight is 438 g/mol. The van der Waals surface area contributed by atoms with Gasteiger partial charge in [-0.25, -0.2) is 25.9 Å². The minimum atomic E-state index is -3.84. The van der Waals surface area contributed by atoms with Crippen molar-refractivity contribution < 1.29 is 31.1 Å². The van der Waals surface area contributed by atoms with Crippen LogP contribution in [-0.2, 0) is 31.4 Å². The molecule has 0 unspecified atom stereocenters. The molecule has 0 bridgehead atoms. The number of hydrogen-bond acceptors (Lipinski definition) is 7. The Bertz CT molecular complexity index is 1180. The number of benzene rings is 2. The van der Waals surface area contributed by atoms with Crippen molar-refractivity contribution >= 4 is 31.6 Å². The van der Waals surface area contributed by atoms with Crippen molar-refractivity contribution in [2.75, 3.05) is 16.9 Å². The molecule has 1 atom stereocenters. The Labute approximate surface area is 168 Å². The van der Waals surface area contributed by atoms with Gasteiger partial charge in [0, 0.05) is 6.54 Å². The number of carbonyl (C=O) groups is 1. The summed E-state index contributed by atoms with van der Waals surface area (Å²) in [5.41, 5.74) is 0.811. The number of rotatable bonds is 5. The van der Waals surface area contributed by atoms with Crippen LogP contribution in [0.4, 0.5) is 5.69 Å². The molecular weight excluding hydrogens is 420 g/mol. The third-order valence-corrected chi connectivity index (χ3v) is 7.93. The predicted molar refractivity (Wildman–Crippen MR) is 103 cm³/mol. The first-order chi connectivity index (χ1) is 13.7. The summed E-state index contributed by atoms with van der Waals surface area (Å²) >= 11 is 0. The summed E-state index contributed by atoms with van der Waals surface area (Å²) in [5, 5.41) is 0. The van der Waals surface area contributed by atoms with Crippen LogP contribution < -0.4 is 18.5 Å². The van der Waals surface area contributed by atoms with Crippen molar-refractivity contribution in [3.63, 3.8) is 0 Å². The summed E-state index contributed by atoms with van der Waals surface area (Å²) in [5.74, 6) is -0.263. The molecule has 9 nitrogen and oxygen atoms in total. The van der Waals surface area contributed by atoms with E-state index in [0.29, 0.717) is 17.1 Å². The number of fused-ring (bicyclic) bond motifs is 1. The number of nitrogens with zero attached hydrogens (tertiary/aromatic N) is 1. The molecule has 154 valence electrons. The molecule has 2 aromatic rings. The first-order valence-corrected chi connectivity index (χ1v) is 11.8. The molecule has 0 saturated carbocycles. The van der Waals surface area contributed by atoms with Gasteiger partial charge in [-0.3, -0.25) is 4.79 Å². The lowest BCUT2D eigenvalue weighted by Crippen LogP contribution is -2.30. The quantitative estimate of drug-likeness (QED) is 0.745. The van der Waals surface area contributed by atoms with E-state index >= 15 is 0 Å². The number of ether oxygens (including phenoxy) is 2. The number of carbonyl (C=O) groups excluding carboxylic acids is 1. The van der Waals surface area contributed by atoms with Gasteiger partial charge in [0.1, 0.15) is 0 Å². The Morgan fingerprint density at radius 3 is 2.45 bits per heavy atom. The summed E-state index contributed by atoms with van der Waals surface area (Å²) in [7, 11) is -7.58. The second-order valence-corrected chi connectivity index (χ2v) is 10.4. The third-order valence-electron chi connectivity index (χ3n) is 4.65. The maximum absolute atomic E-state index is 12.5. The highest BCUT2D eigenvalue weighted by molar-refractivity contribution is 7.94. The molecule has 2 aromatic carbocycles. The normalized spacial score (nSPS) is 20.2. The molecule has 0 radical (unpaired) electrons. The molecule has 1 fully saturated rings. The zero-order valence-electron chi connectivity index (χ0n) is 15.4. The molecule has 1 N–H and O–H groups in total. The van der Waals surface area contributed by atoms with E-state index in [0.717, 1.165) is 4.31 Å². The molecule has 0 aliphatic carbocycles. The van der Waals surface area contributed by atoms with E-state index in [-0.39, 0.29) is 29.7 Å². The average Bonchev–Trinajstić information content (AvgIpc) is 3.21. The number of amides is 1. The predicted octanol–water partition coefficient (Wildman–Crippen LogP) is 1.21. The summed E-state index contributed by atoms with van der Waals surface area (Å²) in [6.45, 7) is 1.71. The van der Waals surface area contributed by atoms with Crippen molar-refractivity contribution in [3.8, 4) is 11.5 Å². The maximum atomic E-state index is 12.5. The van der Waals surface area contributed by atoms with Crippen LogP contribution in [0.25, 0.3) is 0 Å². The highest BCUT2D eigenvalue weighted by Gasteiger charge is 2.41.